The molecule has 1 aliphatic carbocycles. The number of aromatic amines is 1. The van der Waals surface area contributed by atoms with Crippen LogP contribution in [0.25, 0.3) is 23.3 Å². The zero-order valence-electron chi connectivity index (χ0n) is 15.5. The number of fused-ring (bicyclic) bond motifs is 1. The Balaban J connectivity index is 1.75. The number of pyridine rings is 1. The van der Waals surface area contributed by atoms with Gasteiger partial charge in [0.1, 0.15) is 11.6 Å². The molecule has 2 N–H and O–H groups in total. The van der Waals surface area contributed by atoms with Crippen molar-refractivity contribution in [2.24, 2.45) is 0 Å². The molecule has 0 atom stereocenters. The maximum absolute atomic E-state index is 12.0. The second-order valence-electron chi connectivity index (χ2n) is 6.41. The molecule has 0 saturated carbocycles. The van der Waals surface area contributed by atoms with Crippen molar-refractivity contribution < 1.29 is 4.74 Å². The van der Waals surface area contributed by atoms with Crippen LogP contribution in [0.2, 0.25) is 0 Å². The summed E-state index contributed by atoms with van der Waals surface area (Å²) in [7, 11) is 1.62. The molecule has 0 aliphatic heterocycles. The van der Waals surface area contributed by atoms with E-state index in [0.717, 1.165) is 40.2 Å². The molecule has 2 aromatic heterocycles. The number of nitrogens with one attached hydrogen (secondary N) is 2. The van der Waals surface area contributed by atoms with Gasteiger partial charge in [0.05, 0.1) is 13.3 Å². The van der Waals surface area contributed by atoms with Gasteiger partial charge in [-0.3, -0.25) is 4.98 Å². The van der Waals surface area contributed by atoms with Crippen molar-refractivity contribution in [3.8, 4) is 16.9 Å². The summed E-state index contributed by atoms with van der Waals surface area (Å²) in [6.07, 6.45) is 13.4. The average molecular weight is 372 g/mol. The van der Waals surface area contributed by atoms with E-state index in [4.69, 9.17) is 4.74 Å². The van der Waals surface area contributed by atoms with Gasteiger partial charge in [-0.2, -0.15) is 4.98 Å². The van der Waals surface area contributed by atoms with Gasteiger partial charge in [0.25, 0.3) is 0 Å². The third-order valence-electron chi connectivity index (χ3n) is 4.49. The summed E-state index contributed by atoms with van der Waals surface area (Å²) in [5.74, 6) is 1.23. The summed E-state index contributed by atoms with van der Waals surface area (Å²) >= 11 is 0. The predicted octanol–water partition coefficient (Wildman–Crippen LogP) is 2.50. The summed E-state index contributed by atoms with van der Waals surface area (Å²) in [5.41, 5.74) is 2.39. The summed E-state index contributed by atoms with van der Waals surface area (Å²) < 4.78 is 5.26. The molecule has 3 aromatic rings. The molecule has 1 aliphatic rings. The largest absolute Gasteiger partial charge is 0.495 e. The van der Waals surface area contributed by atoms with Crippen LogP contribution in [0.3, 0.4) is 0 Å². The van der Waals surface area contributed by atoms with Crippen LogP contribution < -0.4 is 26.3 Å². The minimum absolute atomic E-state index is 0.372. The van der Waals surface area contributed by atoms with Crippen LogP contribution in [0.4, 0.5) is 11.5 Å². The van der Waals surface area contributed by atoms with Gasteiger partial charge < -0.3 is 15.0 Å². The first kappa shape index (κ1) is 17.7. The molecule has 0 radical (unpaired) electrons. The third-order valence-corrected chi connectivity index (χ3v) is 4.49. The third kappa shape index (κ3) is 3.86. The van der Waals surface area contributed by atoms with Crippen molar-refractivity contribution in [2.75, 3.05) is 12.4 Å². The van der Waals surface area contributed by atoms with Crippen molar-refractivity contribution in [3.63, 3.8) is 0 Å². The Labute approximate surface area is 162 Å². The van der Waals surface area contributed by atoms with E-state index in [-0.39, 0.29) is 5.69 Å². The lowest BCUT2D eigenvalue weighted by atomic mass is 10.1. The molecule has 4 rings (SSSR count). The first-order valence-electron chi connectivity index (χ1n) is 9.07. The van der Waals surface area contributed by atoms with E-state index in [2.05, 4.69) is 26.3 Å². The molecule has 0 saturated heterocycles. The number of allylic oxidation sites excluding steroid dienone is 2. The quantitative estimate of drug-likeness (QED) is 0.736. The van der Waals surface area contributed by atoms with Crippen molar-refractivity contribution >= 4 is 23.7 Å². The summed E-state index contributed by atoms with van der Waals surface area (Å²) in [6.45, 7) is 0. The number of methoxy groups -OCH3 is 1. The van der Waals surface area contributed by atoms with Gasteiger partial charge in [-0.25, -0.2) is 4.79 Å². The molecule has 6 nitrogen and oxygen atoms in total. The smallest absolute Gasteiger partial charge is 0.347 e. The Morgan fingerprint density at radius 2 is 2.07 bits per heavy atom. The molecule has 28 heavy (non-hydrogen) atoms. The van der Waals surface area contributed by atoms with Crippen molar-refractivity contribution in [1.82, 2.24) is 15.0 Å². The van der Waals surface area contributed by atoms with Gasteiger partial charge in [0, 0.05) is 28.0 Å². The Bertz CT molecular complexity index is 1210. The van der Waals surface area contributed by atoms with Crippen LogP contribution in [0, 0.1) is 0 Å². The van der Waals surface area contributed by atoms with Crippen molar-refractivity contribution in [1.29, 1.82) is 0 Å². The number of anilines is 2. The SMILES string of the molecule is COc1cncc(-c2cccc(Nc3nc(=O)[nH]c4c3=CC=CCCC=4)c2)c1. The lowest BCUT2D eigenvalue weighted by Gasteiger charge is -2.10. The summed E-state index contributed by atoms with van der Waals surface area (Å²) in [6, 6.07) is 9.81. The molecule has 0 bridgehead atoms. The fourth-order valence-electron chi connectivity index (χ4n) is 3.11. The average Bonchev–Trinajstić information content (AvgIpc) is 2.69. The molecule has 0 spiro atoms. The highest BCUT2D eigenvalue weighted by molar-refractivity contribution is 5.70. The number of ether oxygens (including phenoxy) is 1. The highest BCUT2D eigenvalue weighted by Crippen LogP contribution is 2.25. The highest BCUT2D eigenvalue weighted by atomic mass is 16.5. The van der Waals surface area contributed by atoms with Gasteiger partial charge in [0.15, 0.2) is 0 Å². The van der Waals surface area contributed by atoms with Gasteiger partial charge >= 0.3 is 5.69 Å². The zero-order chi connectivity index (χ0) is 19.3. The number of H-pyrrole nitrogens is 1. The monoisotopic (exact) mass is 372 g/mol. The predicted molar refractivity (Wildman–Crippen MR) is 111 cm³/mol. The molecule has 1 aromatic carbocycles. The van der Waals surface area contributed by atoms with Gasteiger partial charge in [-0.15, -0.1) is 0 Å². The van der Waals surface area contributed by atoms with Crippen molar-refractivity contribution in [2.45, 2.75) is 12.8 Å². The van der Waals surface area contributed by atoms with E-state index in [1.165, 1.54) is 0 Å². The minimum atomic E-state index is -0.372. The molecule has 2 heterocycles. The first-order valence-corrected chi connectivity index (χ1v) is 9.07. The van der Waals surface area contributed by atoms with Gasteiger partial charge in [0.2, 0.25) is 0 Å². The van der Waals surface area contributed by atoms with Crippen LogP contribution in [0.15, 0.2) is 59.7 Å². The van der Waals surface area contributed by atoms with E-state index >= 15 is 0 Å². The second-order valence-corrected chi connectivity index (χ2v) is 6.41. The minimum Gasteiger partial charge on any atom is -0.495 e. The first-order chi connectivity index (χ1) is 13.7. The normalized spacial score (nSPS) is 12.8. The summed E-state index contributed by atoms with van der Waals surface area (Å²) in [5, 5.41) is 4.95. The van der Waals surface area contributed by atoms with Gasteiger partial charge in [-0.05, 0) is 42.7 Å². The lowest BCUT2D eigenvalue weighted by molar-refractivity contribution is 0.413. The van der Waals surface area contributed by atoms with E-state index in [0.29, 0.717) is 11.6 Å². The van der Waals surface area contributed by atoms with E-state index in [9.17, 15) is 4.79 Å². The van der Waals surface area contributed by atoms with Crippen LogP contribution in [-0.4, -0.2) is 22.1 Å². The number of rotatable bonds is 4. The van der Waals surface area contributed by atoms with E-state index < -0.39 is 0 Å². The maximum atomic E-state index is 12.0. The molecule has 0 unspecified atom stereocenters. The summed E-state index contributed by atoms with van der Waals surface area (Å²) in [4.78, 5) is 23.2. The Kier molecular flexibility index (Phi) is 5.01. The van der Waals surface area contributed by atoms with E-state index in [1.807, 2.05) is 48.6 Å². The highest BCUT2D eigenvalue weighted by Gasteiger charge is 2.06. The number of benzene rings is 1. The van der Waals surface area contributed by atoms with Crippen LogP contribution in [-0.2, 0) is 0 Å². The molecular formula is C22H20N4O2. The number of nitrogens with zero attached hydrogens (tertiary/aromatic N) is 2. The lowest BCUT2D eigenvalue weighted by Crippen LogP contribution is -2.38. The van der Waals surface area contributed by atoms with Crippen LogP contribution in [0.1, 0.15) is 12.8 Å². The molecule has 0 fully saturated rings. The topological polar surface area (TPSA) is 79.9 Å². The Hall–Kier alpha value is -3.67. The van der Waals surface area contributed by atoms with Gasteiger partial charge in [-0.1, -0.05) is 30.4 Å². The van der Waals surface area contributed by atoms with Crippen molar-refractivity contribution in [3.05, 3.63) is 75.9 Å². The number of aromatic nitrogens is 3. The molecule has 140 valence electrons. The molecule has 0 amide bonds. The maximum Gasteiger partial charge on any atom is 0.347 e. The van der Waals surface area contributed by atoms with Crippen LogP contribution in [0.5, 0.6) is 5.75 Å². The fourth-order valence-corrected chi connectivity index (χ4v) is 3.11. The van der Waals surface area contributed by atoms with E-state index in [1.54, 1.807) is 19.5 Å². The number of hydrogen-bond donors (Lipinski definition) is 2. The molecule has 6 heteroatoms. The standard InChI is InChI=1S/C22H20N4O2/c1-28-18-12-16(13-23-14-18)15-7-6-8-17(11-15)24-21-19-9-4-2-3-5-10-20(19)25-22(27)26-21/h2,4,6-14H,3,5H2,1H3,(H2,24,25,26,27). The molecular weight excluding hydrogens is 352 g/mol. The Morgan fingerprint density at radius 1 is 1.14 bits per heavy atom. The number of hydrogen-bond acceptors (Lipinski definition) is 5. The van der Waals surface area contributed by atoms with Crippen LogP contribution >= 0.6 is 0 Å². The fraction of sp³-hybridized carbons (Fsp3) is 0.136. The zero-order valence-corrected chi connectivity index (χ0v) is 15.5. The Morgan fingerprint density at radius 3 is 2.96 bits per heavy atom. The second kappa shape index (κ2) is 7.92.